The lowest BCUT2D eigenvalue weighted by Gasteiger charge is -2.26. The molecule has 0 heterocycles. The standard InChI is InChI=1S/8C10H15N.4C6H5BO2/c8*1-3-11(4-2)10-8-6-5-7-9-10;4*8-7(9)6-4-2-1-3-5-6/h8*5-9H,3-4H2,1-2H3;4*1-5H/q;;;;;;;;4*-2/p+8. The predicted octanol–water partition coefficient (Wildman–Crippen LogP) is 2.35. The summed E-state index contributed by atoms with van der Waals surface area (Å²) >= 11 is 0. The Kier molecular flexibility index (Phi) is 67.6. The number of benzene rings is 12. The van der Waals surface area contributed by atoms with E-state index in [1.54, 1.807) is 112 Å². The van der Waals surface area contributed by atoms with Gasteiger partial charge >= 0.3 is 0 Å². The molecule has 664 valence electrons. The summed E-state index contributed by atoms with van der Waals surface area (Å²) in [5, 5.41) is 81.4. The lowest BCUT2D eigenvalue weighted by Crippen LogP contribution is -3.06. The molecule has 0 radical (unpaired) electrons. The van der Waals surface area contributed by atoms with Crippen LogP contribution in [0.2, 0.25) is 0 Å². The van der Waals surface area contributed by atoms with E-state index in [1.165, 1.54) is 199 Å². The lowest BCUT2D eigenvalue weighted by molar-refractivity contribution is -0.828. The molecule has 0 unspecified atom stereocenters. The van der Waals surface area contributed by atoms with E-state index in [2.05, 4.69) is 353 Å². The van der Waals surface area contributed by atoms with Crippen LogP contribution in [0.15, 0.2) is 364 Å². The first-order chi connectivity index (χ1) is 60.3. The van der Waals surface area contributed by atoms with Gasteiger partial charge in [-0.05, 0) is 208 Å². The minimum Gasteiger partial charge on any atom is -0.889 e. The average Bonchev–Trinajstić information content (AvgIpc) is 0.924. The van der Waals surface area contributed by atoms with Crippen molar-refractivity contribution in [3.8, 4) is 0 Å². The van der Waals surface area contributed by atoms with Crippen molar-refractivity contribution >= 4 is 95.8 Å². The van der Waals surface area contributed by atoms with Gasteiger partial charge in [0.05, 0.1) is 105 Å². The van der Waals surface area contributed by atoms with E-state index in [1.807, 2.05) is 0 Å². The first-order valence-corrected chi connectivity index (χ1v) is 44.9. The van der Waals surface area contributed by atoms with Gasteiger partial charge in [0, 0.05) is 0 Å². The Bertz CT molecular complexity index is 3480. The van der Waals surface area contributed by atoms with Crippen molar-refractivity contribution in [2.75, 3.05) is 105 Å². The normalized spacial score (nSPS) is 10.1. The number of rotatable bonds is 28. The molecule has 124 heavy (non-hydrogen) atoms. The van der Waals surface area contributed by atoms with E-state index in [4.69, 9.17) is 0 Å². The topological polar surface area (TPSA) is 220 Å². The van der Waals surface area contributed by atoms with Crippen LogP contribution in [0.25, 0.3) is 0 Å². The van der Waals surface area contributed by atoms with Crippen molar-refractivity contribution in [1.29, 1.82) is 0 Å². The zero-order valence-corrected chi connectivity index (χ0v) is 77.5. The molecule has 0 saturated carbocycles. The molecule has 0 aromatic heterocycles. The summed E-state index contributed by atoms with van der Waals surface area (Å²) in [6.07, 6.45) is 0. The highest BCUT2D eigenvalue weighted by atomic mass is 16.4. The van der Waals surface area contributed by atoms with E-state index in [0.717, 1.165) is 0 Å². The molecule has 16 nitrogen and oxygen atoms in total. The molecule has 0 aliphatic carbocycles. The second-order valence-corrected chi connectivity index (χ2v) is 28.4. The highest BCUT2D eigenvalue weighted by Gasteiger charge is 2.10. The van der Waals surface area contributed by atoms with Gasteiger partial charge in [-0.2, -0.15) is 0 Å². The number of para-hydroxylation sites is 8. The molecule has 12 aromatic rings. The summed E-state index contributed by atoms with van der Waals surface area (Å²) in [5.74, 6) is 0. The highest BCUT2D eigenvalue weighted by molar-refractivity contribution is 6.56. The molecule has 12 aromatic carbocycles. The van der Waals surface area contributed by atoms with Crippen LogP contribution < -0.4 is 101 Å². The summed E-state index contributed by atoms with van der Waals surface area (Å²) in [7, 11) is -7.37. The molecular formula is C104H148B4N8O8. The minimum absolute atomic E-state index is 0.303. The molecule has 12 rings (SSSR count). The Morgan fingerprint density at radius 3 is 0.258 bits per heavy atom. The van der Waals surface area contributed by atoms with Crippen molar-refractivity contribution in [2.45, 2.75) is 111 Å². The number of nitrogens with one attached hydrogen (secondary N) is 8. The number of quaternary nitrogens is 8. The summed E-state index contributed by atoms with van der Waals surface area (Å²) in [5.41, 5.74) is 12.4. The summed E-state index contributed by atoms with van der Waals surface area (Å²) in [6.45, 7) is 54.1. The van der Waals surface area contributed by atoms with Crippen molar-refractivity contribution < 1.29 is 79.4 Å². The number of hydrogen-bond acceptors (Lipinski definition) is 8. The van der Waals surface area contributed by atoms with Crippen LogP contribution in [-0.2, 0) is 0 Å². The first kappa shape index (κ1) is 112. The maximum atomic E-state index is 10.2. The van der Waals surface area contributed by atoms with E-state index in [9.17, 15) is 40.2 Å². The fourth-order valence-corrected chi connectivity index (χ4v) is 13.1. The highest BCUT2D eigenvalue weighted by Crippen LogP contribution is 2.04. The van der Waals surface area contributed by atoms with Crippen LogP contribution in [0.3, 0.4) is 0 Å². The third kappa shape index (κ3) is 50.3. The largest absolute Gasteiger partial charge is 0.889 e. The second-order valence-electron chi connectivity index (χ2n) is 28.4. The maximum absolute atomic E-state index is 10.2. The zero-order chi connectivity index (χ0) is 91.6. The van der Waals surface area contributed by atoms with Gasteiger partial charge in [-0.25, -0.2) is 0 Å². The average molecular weight is 1680 g/mol. The van der Waals surface area contributed by atoms with Gasteiger partial charge < -0.3 is 79.4 Å². The van der Waals surface area contributed by atoms with Gasteiger partial charge in [-0.1, -0.05) is 295 Å². The van der Waals surface area contributed by atoms with Crippen molar-refractivity contribution in [3.05, 3.63) is 364 Å². The van der Waals surface area contributed by atoms with Gasteiger partial charge in [0.2, 0.25) is 0 Å². The van der Waals surface area contributed by atoms with E-state index in [0.29, 0.717) is 21.9 Å². The van der Waals surface area contributed by atoms with Crippen LogP contribution in [0.4, 0.5) is 45.5 Å². The van der Waals surface area contributed by atoms with Crippen molar-refractivity contribution in [2.24, 2.45) is 0 Å². The van der Waals surface area contributed by atoms with Gasteiger partial charge in [-0.15, -0.1) is 21.9 Å². The quantitative estimate of drug-likeness (QED) is 0.0340. The molecule has 0 bridgehead atoms. The summed E-state index contributed by atoms with van der Waals surface area (Å²) in [4.78, 5) is 12.4. The number of hydrogen-bond donors (Lipinski definition) is 8. The third-order valence-electron chi connectivity index (χ3n) is 20.6. The lowest BCUT2D eigenvalue weighted by atomic mass is 9.81. The van der Waals surface area contributed by atoms with Crippen LogP contribution >= 0.6 is 0 Å². The Balaban J connectivity index is 0.000000677. The molecule has 0 aliphatic heterocycles. The molecule has 0 saturated heterocycles. The van der Waals surface area contributed by atoms with Crippen LogP contribution in [-0.4, -0.2) is 133 Å². The second kappa shape index (κ2) is 74.7. The van der Waals surface area contributed by atoms with Crippen molar-refractivity contribution in [1.82, 2.24) is 0 Å². The predicted molar refractivity (Wildman–Crippen MR) is 512 cm³/mol. The van der Waals surface area contributed by atoms with Crippen LogP contribution in [0.1, 0.15) is 111 Å². The summed E-state index contributed by atoms with van der Waals surface area (Å²) in [6, 6.07) is 118. The molecule has 0 spiro atoms. The molecule has 0 fully saturated rings. The Labute approximate surface area is 750 Å². The van der Waals surface area contributed by atoms with Crippen LogP contribution in [0, 0.1) is 0 Å². The molecule has 0 amide bonds. The maximum Gasteiger partial charge on any atom is 0.131 e. The first-order valence-electron chi connectivity index (χ1n) is 44.9. The fourth-order valence-electron chi connectivity index (χ4n) is 13.1. The molecule has 0 atom stereocenters. The van der Waals surface area contributed by atoms with Gasteiger partial charge in [-0.3, -0.25) is 0 Å². The Morgan fingerprint density at radius 1 is 0.129 bits per heavy atom. The van der Waals surface area contributed by atoms with E-state index in [-0.39, 0.29) is 0 Å². The van der Waals surface area contributed by atoms with Gasteiger partial charge in [0.15, 0.2) is 0 Å². The van der Waals surface area contributed by atoms with Crippen LogP contribution in [0.5, 0.6) is 0 Å². The third-order valence-corrected chi connectivity index (χ3v) is 20.6. The minimum atomic E-state index is -1.84. The monoisotopic (exact) mass is 1680 g/mol. The molecular weight excluding hydrogens is 1530 g/mol. The summed E-state index contributed by atoms with van der Waals surface area (Å²) < 4.78 is 0. The SMILES string of the molecule is CC[NH+](CC)c1ccccc1.CC[NH+](CC)c1ccccc1.CC[NH+](CC)c1ccccc1.CC[NH+](CC)c1ccccc1.CC[NH+](CC)c1ccccc1.CC[NH+](CC)c1ccccc1.CC[NH+](CC)c1ccccc1.CC[NH+](CC)c1ccccc1.[O-]B([O-])c1ccccc1.[O-]B([O-])c1ccccc1.[O-]B([O-])c1ccccc1.[O-]B([O-])c1ccccc1. The van der Waals surface area contributed by atoms with E-state index >= 15 is 0 Å². The smallest absolute Gasteiger partial charge is 0.131 e. The molecule has 0 aliphatic rings. The van der Waals surface area contributed by atoms with Gasteiger partial charge in [0.25, 0.3) is 0 Å². The fraction of sp³-hybridized carbons (Fsp3) is 0.308. The molecule has 20 heteroatoms. The van der Waals surface area contributed by atoms with Crippen molar-refractivity contribution in [3.63, 3.8) is 0 Å². The molecule has 8 N–H and O–H groups in total. The zero-order valence-electron chi connectivity index (χ0n) is 77.5. The Hall–Kier alpha value is -9.74. The van der Waals surface area contributed by atoms with Gasteiger partial charge in [0.1, 0.15) is 45.5 Å². The Morgan fingerprint density at radius 2 is 0.202 bits per heavy atom. The van der Waals surface area contributed by atoms with E-state index < -0.39 is 28.5 Å².